The van der Waals surface area contributed by atoms with Crippen LogP contribution in [0, 0.1) is 6.92 Å². The van der Waals surface area contributed by atoms with E-state index >= 15 is 0 Å². The summed E-state index contributed by atoms with van der Waals surface area (Å²) in [5.41, 5.74) is 2.76. The molecule has 0 aromatic heterocycles. The largest absolute Gasteiger partial charge is 0.388 e. The third-order valence-corrected chi connectivity index (χ3v) is 1.53. The maximum Gasteiger partial charge on any atom is 0.0351 e. The van der Waals surface area contributed by atoms with E-state index in [9.17, 15) is 0 Å². The summed E-state index contributed by atoms with van der Waals surface area (Å²) in [5, 5.41) is 0. The molecule has 0 atom stereocenters. The molecule has 0 fully saturated rings. The van der Waals surface area contributed by atoms with Gasteiger partial charge < -0.3 is 4.74 Å². The first kappa shape index (κ1) is 20.6. The predicted octanol–water partition coefficient (Wildman–Crippen LogP) is 4.87. The molecule has 0 N–H and O–H groups in total. The Hall–Kier alpha value is -0.820. The van der Waals surface area contributed by atoms with Gasteiger partial charge in [0.25, 0.3) is 0 Å². The first-order valence-electron chi connectivity index (χ1n) is 6.20. The van der Waals surface area contributed by atoms with Crippen LogP contribution >= 0.6 is 0 Å². The van der Waals surface area contributed by atoms with E-state index in [1.807, 2.05) is 27.7 Å². The summed E-state index contributed by atoms with van der Waals surface area (Å²) in [7, 11) is 3.25. The molecule has 1 aromatic carbocycles. The van der Waals surface area contributed by atoms with Crippen molar-refractivity contribution in [2.24, 2.45) is 0 Å². The molecule has 0 aliphatic carbocycles. The third kappa shape index (κ3) is 15.6. The number of ether oxygens (including phenoxy) is 1. The van der Waals surface area contributed by atoms with Crippen molar-refractivity contribution in [2.45, 2.75) is 48.0 Å². The van der Waals surface area contributed by atoms with E-state index in [1.165, 1.54) is 11.1 Å². The minimum Gasteiger partial charge on any atom is -0.388 e. The highest BCUT2D eigenvalue weighted by molar-refractivity contribution is 5.20. The molecule has 1 heteroatoms. The van der Waals surface area contributed by atoms with Crippen LogP contribution in [-0.2, 0) is 11.2 Å². The van der Waals surface area contributed by atoms with Crippen LogP contribution in [0.2, 0.25) is 0 Å². The number of rotatable bonds is 1. The lowest BCUT2D eigenvalue weighted by Gasteiger charge is -1.94. The van der Waals surface area contributed by atoms with E-state index in [0.717, 1.165) is 6.42 Å². The van der Waals surface area contributed by atoms with Crippen LogP contribution in [0.25, 0.3) is 0 Å². The number of hydrogen-bond donors (Lipinski definition) is 0. The monoisotopic (exact) mass is 226 g/mol. The van der Waals surface area contributed by atoms with Gasteiger partial charge in [-0.3, -0.25) is 0 Å². The second-order valence-corrected chi connectivity index (χ2v) is 2.75. The Kier molecular flexibility index (Phi) is 25.3. The van der Waals surface area contributed by atoms with E-state index in [0.29, 0.717) is 0 Å². The first-order chi connectivity index (χ1) is 7.74. The van der Waals surface area contributed by atoms with Gasteiger partial charge in [0.15, 0.2) is 0 Å². The molecule has 1 rings (SSSR count). The minimum absolute atomic E-state index is 1.14. The fourth-order valence-corrected chi connectivity index (χ4v) is 0.824. The van der Waals surface area contributed by atoms with Crippen molar-refractivity contribution in [2.75, 3.05) is 14.2 Å². The molecule has 0 amide bonds. The molecule has 1 nitrogen and oxygen atoms in total. The van der Waals surface area contributed by atoms with Crippen molar-refractivity contribution in [3.63, 3.8) is 0 Å². The number of hydrogen-bond acceptors (Lipinski definition) is 1. The van der Waals surface area contributed by atoms with Gasteiger partial charge in [-0.15, -0.1) is 0 Å². The molecule has 16 heavy (non-hydrogen) atoms. The topological polar surface area (TPSA) is 9.23 Å². The Morgan fingerprint density at radius 1 is 0.875 bits per heavy atom. The summed E-state index contributed by atoms with van der Waals surface area (Å²) in [6.07, 6.45) is 1.14. The highest BCUT2D eigenvalue weighted by Crippen LogP contribution is 2.02. The summed E-state index contributed by atoms with van der Waals surface area (Å²) in [4.78, 5) is 0. The first-order valence-corrected chi connectivity index (χ1v) is 6.20. The van der Waals surface area contributed by atoms with Crippen LogP contribution < -0.4 is 0 Å². The number of benzene rings is 1. The van der Waals surface area contributed by atoms with E-state index in [1.54, 1.807) is 14.2 Å². The van der Waals surface area contributed by atoms with Crippen molar-refractivity contribution in [3.05, 3.63) is 35.4 Å². The van der Waals surface area contributed by atoms with Gasteiger partial charge >= 0.3 is 0 Å². The van der Waals surface area contributed by atoms with Crippen molar-refractivity contribution >= 4 is 0 Å². The van der Waals surface area contributed by atoms with Crippen LogP contribution in [0.5, 0.6) is 0 Å². The zero-order chi connectivity index (χ0) is 13.4. The van der Waals surface area contributed by atoms with E-state index < -0.39 is 0 Å². The van der Waals surface area contributed by atoms with Gasteiger partial charge in [-0.1, -0.05) is 64.4 Å². The molecule has 0 spiro atoms. The van der Waals surface area contributed by atoms with Crippen LogP contribution in [0.4, 0.5) is 0 Å². The van der Waals surface area contributed by atoms with Crippen LogP contribution in [0.1, 0.15) is 45.7 Å². The summed E-state index contributed by atoms with van der Waals surface area (Å²) in [6, 6.07) is 8.66. The van der Waals surface area contributed by atoms with Crippen LogP contribution in [0.3, 0.4) is 0 Å². The number of methoxy groups -OCH3 is 1. The Morgan fingerprint density at radius 3 is 1.44 bits per heavy atom. The molecule has 0 saturated heterocycles. The van der Waals surface area contributed by atoms with E-state index in [2.05, 4.69) is 42.8 Å². The summed E-state index contributed by atoms with van der Waals surface area (Å²) in [6.45, 7) is 12.3. The standard InChI is InChI=1S/C9H12.C2H6O.2C2H6/c1-3-9-6-4-8(2)5-7-9;1-3-2;2*1-2/h4-7H,3H2,1-2H3;1-2H3;2*1-2H3. The second kappa shape index (κ2) is 19.7. The zero-order valence-corrected chi connectivity index (χ0v) is 12.4. The van der Waals surface area contributed by atoms with Gasteiger partial charge in [0.1, 0.15) is 0 Å². The van der Waals surface area contributed by atoms with Gasteiger partial charge in [-0.25, -0.2) is 0 Å². The van der Waals surface area contributed by atoms with Gasteiger partial charge in [0, 0.05) is 14.2 Å². The Bertz CT molecular complexity index is 189. The lowest BCUT2D eigenvalue weighted by molar-refractivity contribution is 0.277. The zero-order valence-electron chi connectivity index (χ0n) is 12.4. The fraction of sp³-hybridized carbons (Fsp3) is 0.600. The Labute approximate surface area is 103 Å². The molecule has 96 valence electrons. The molecule has 0 unspecified atom stereocenters. The highest BCUT2D eigenvalue weighted by atomic mass is 16.4. The average Bonchev–Trinajstić information content (AvgIpc) is 2.36. The maximum absolute atomic E-state index is 4.25. The van der Waals surface area contributed by atoms with Gasteiger partial charge in [0.2, 0.25) is 0 Å². The molecule has 0 heterocycles. The molecule has 0 aliphatic heterocycles. The van der Waals surface area contributed by atoms with E-state index in [-0.39, 0.29) is 0 Å². The number of aryl methyl sites for hydroxylation is 2. The van der Waals surface area contributed by atoms with Gasteiger partial charge in [0.05, 0.1) is 0 Å². The molecule has 0 bridgehead atoms. The average molecular weight is 226 g/mol. The minimum atomic E-state index is 1.14. The third-order valence-electron chi connectivity index (χ3n) is 1.53. The van der Waals surface area contributed by atoms with Crippen molar-refractivity contribution in [1.82, 2.24) is 0 Å². The SMILES string of the molecule is CC.CC.CCc1ccc(C)cc1.COC. The molecule has 0 aliphatic rings. The molecule has 1 aromatic rings. The normalized spacial score (nSPS) is 7.25. The summed E-state index contributed by atoms with van der Waals surface area (Å²) in [5.74, 6) is 0. The van der Waals surface area contributed by atoms with Crippen molar-refractivity contribution in [1.29, 1.82) is 0 Å². The Balaban J connectivity index is -0.000000206. The molecular formula is C15H30O. The lowest BCUT2D eigenvalue weighted by Crippen LogP contribution is -1.77. The van der Waals surface area contributed by atoms with Gasteiger partial charge in [-0.05, 0) is 18.9 Å². The quantitative estimate of drug-likeness (QED) is 0.663. The lowest BCUT2D eigenvalue weighted by atomic mass is 10.1. The predicted molar refractivity (Wildman–Crippen MR) is 76.2 cm³/mol. The summed E-state index contributed by atoms with van der Waals surface area (Å²) >= 11 is 0. The molecular weight excluding hydrogens is 196 g/mol. The fourth-order valence-electron chi connectivity index (χ4n) is 0.824. The Morgan fingerprint density at radius 2 is 1.19 bits per heavy atom. The van der Waals surface area contributed by atoms with Crippen LogP contribution in [-0.4, -0.2) is 14.2 Å². The highest BCUT2D eigenvalue weighted by Gasteiger charge is 1.84. The van der Waals surface area contributed by atoms with E-state index in [4.69, 9.17) is 0 Å². The second-order valence-electron chi connectivity index (χ2n) is 2.75. The maximum atomic E-state index is 4.25. The molecule has 0 radical (unpaired) electrons. The van der Waals surface area contributed by atoms with Crippen molar-refractivity contribution in [3.8, 4) is 0 Å². The molecule has 0 saturated carbocycles. The van der Waals surface area contributed by atoms with Crippen molar-refractivity contribution < 1.29 is 4.74 Å². The van der Waals surface area contributed by atoms with Crippen LogP contribution in [0.15, 0.2) is 24.3 Å². The van der Waals surface area contributed by atoms with Gasteiger partial charge in [-0.2, -0.15) is 0 Å². The summed E-state index contributed by atoms with van der Waals surface area (Å²) < 4.78 is 4.25. The smallest absolute Gasteiger partial charge is 0.0351 e.